The molecule has 1 amide bonds. The average Bonchev–Trinajstić information content (AvgIpc) is 3.55. The second kappa shape index (κ2) is 14.5. The Morgan fingerprint density at radius 1 is 0.933 bits per heavy atom. The fourth-order valence-corrected chi connectivity index (χ4v) is 9.00. The molecular formula is C33H43F4N3O4S. The quantitative estimate of drug-likeness (QED) is 0.271. The number of hydrogen-bond donors (Lipinski definition) is 0. The molecule has 0 saturated carbocycles. The number of sulfonamides is 1. The smallest absolute Gasteiger partial charge is 0.369 e. The van der Waals surface area contributed by atoms with Gasteiger partial charge in [-0.1, -0.05) is 30.7 Å². The monoisotopic (exact) mass is 653 g/mol. The van der Waals surface area contributed by atoms with Crippen molar-refractivity contribution < 1.29 is 35.5 Å². The van der Waals surface area contributed by atoms with E-state index in [0.29, 0.717) is 58.2 Å². The van der Waals surface area contributed by atoms with Crippen LogP contribution in [0, 0.1) is 5.82 Å². The van der Waals surface area contributed by atoms with E-state index < -0.39 is 38.3 Å². The first kappa shape index (κ1) is 33.8. The fourth-order valence-electron chi connectivity index (χ4n) is 7.06. The lowest BCUT2D eigenvalue weighted by atomic mass is 9.83. The number of carbonyl (C=O) groups is 1. The van der Waals surface area contributed by atoms with Gasteiger partial charge in [0, 0.05) is 38.6 Å². The third-order valence-electron chi connectivity index (χ3n) is 9.54. The van der Waals surface area contributed by atoms with E-state index in [1.54, 1.807) is 11.0 Å². The molecule has 7 nitrogen and oxygen atoms in total. The van der Waals surface area contributed by atoms with Gasteiger partial charge in [-0.3, -0.25) is 4.79 Å². The number of carbonyl (C=O) groups excluding carboxylic acids is 1. The van der Waals surface area contributed by atoms with Crippen molar-refractivity contribution >= 4 is 15.9 Å². The molecule has 1 unspecified atom stereocenters. The molecule has 2 aromatic carbocycles. The number of likely N-dealkylation sites (tertiary alicyclic amines) is 2. The first-order chi connectivity index (χ1) is 21.5. The number of piperidine rings is 2. The molecule has 3 aliphatic heterocycles. The van der Waals surface area contributed by atoms with E-state index in [-0.39, 0.29) is 24.7 Å². The van der Waals surface area contributed by atoms with Gasteiger partial charge in [0.05, 0.1) is 22.7 Å². The van der Waals surface area contributed by atoms with Gasteiger partial charge in [-0.05, 0) is 94.3 Å². The van der Waals surface area contributed by atoms with Gasteiger partial charge in [-0.25, -0.2) is 12.8 Å². The van der Waals surface area contributed by atoms with E-state index >= 15 is 0 Å². The van der Waals surface area contributed by atoms with Crippen LogP contribution >= 0.6 is 0 Å². The van der Waals surface area contributed by atoms with Crippen LogP contribution in [0.25, 0.3) is 0 Å². The van der Waals surface area contributed by atoms with Crippen molar-refractivity contribution in [2.24, 2.45) is 0 Å². The molecule has 5 rings (SSSR count). The highest BCUT2D eigenvalue weighted by molar-refractivity contribution is 7.89. The maximum Gasteiger partial charge on any atom is 0.417 e. The van der Waals surface area contributed by atoms with Crippen molar-refractivity contribution in [1.29, 1.82) is 0 Å². The number of ether oxygens (including phenoxy) is 1. The van der Waals surface area contributed by atoms with Crippen molar-refractivity contribution in [1.82, 2.24) is 14.1 Å². The number of rotatable bonds is 11. The Labute approximate surface area is 263 Å². The highest BCUT2D eigenvalue weighted by Gasteiger charge is 2.42. The van der Waals surface area contributed by atoms with Crippen LogP contribution in [-0.2, 0) is 31.3 Å². The molecule has 0 aromatic heterocycles. The van der Waals surface area contributed by atoms with Crippen molar-refractivity contribution in [3.8, 4) is 0 Å². The minimum atomic E-state index is -4.79. The van der Waals surface area contributed by atoms with Gasteiger partial charge >= 0.3 is 6.18 Å². The summed E-state index contributed by atoms with van der Waals surface area (Å²) in [6.07, 6.45) is 1.57. The van der Waals surface area contributed by atoms with Crippen LogP contribution in [0.3, 0.4) is 0 Å². The second-order valence-electron chi connectivity index (χ2n) is 12.4. The highest BCUT2D eigenvalue weighted by atomic mass is 32.2. The Morgan fingerprint density at radius 2 is 1.64 bits per heavy atom. The highest BCUT2D eigenvalue weighted by Crippen LogP contribution is 2.39. The molecule has 0 bridgehead atoms. The zero-order chi connectivity index (χ0) is 32.1. The van der Waals surface area contributed by atoms with Gasteiger partial charge in [-0.2, -0.15) is 17.5 Å². The van der Waals surface area contributed by atoms with E-state index in [0.717, 1.165) is 43.8 Å². The normalized spacial score (nSPS) is 21.7. The Bertz CT molecular complexity index is 1410. The Morgan fingerprint density at radius 3 is 2.36 bits per heavy atom. The predicted molar refractivity (Wildman–Crippen MR) is 162 cm³/mol. The average molecular weight is 654 g/mol. The van der Waals surface area contributed by atoms with Gasteiger partial charge in [-0.15, -0.1) is 0 Å². The summed E-state index contributed by atoms with van der Waals surface area (Å²) in [5.74, 6) is -0.373. The first-order valence-electron chi connectivity index (χ1n) is 16.1. The summed E-state index contributed by atoms with van der Waals surface area (Å²) in [6, 6.07) is 10.3. The van der Waals surface area contributed by atoms with Crippen LogP contribution in [0.4, 0.5) is 17.6 Å². The largest absolute Gasteiger partial charge is 0.417 e. The Balaban J connectivity index is 1.18. The molecule has 45 heavy (non-hydrogen) atoms. The van der Waals surface area contributed by atoms with Gasteiger partial charge in [0.2, 0.25) is 15.9 Å². The third-order valence-corrected chi connectivity index (χ3v) is 11.5. The van der Waals surface area contributed by atoms with Gasteiger partial charge in [0.1, 0.15) is 5.82 Å². The minimum absolute atomic E-state index is 0.0486. The van der Waals surface area contributed by atoms with Crippen molar-refractivity contribution in [2.45, 2.75) is 86.9 Å². The second-order valence-corrected chi connectivity index (χ2v) is 14.3. The fraction of sp³-hybridized carbons (Fsp3) is 0.606. The van der Waals surface area contributed by atoms with Crippen molar-refractivity contribution in [3.63, 3.8) is 0 Å². The van der Waals surface area contributed by atoms with Crippen LogP contribution in [0.1, 0.15) is 75.3 Å². The SMILES string of the molecule is O=C(CCCC1CCCCN1S(=O)(=O)c1ccccc1C(F)(F)F)N1CCC(OCCN2CCCC2)(c2cccc(F)c2)CC1. The summed E-state index contributed by atoms with van der Waals surface area (Å²) >= 11 is 0. The summed E-state index contributed by atoms with van der Waals surface area (Å²) in [5, 5.41) is 0. The number of hydrogen-bond acceptors (Lipinski definition) is 5. The third kappa shape index (κ3) is 8.07. The maximum absolute atomic E-state index is 14.2. The van der Waals surface area contributed by atoms with E-state index in [1.807, 2.05) is 6.07 Å². The molecule has 0 spiro atoms. The molecule has 3 heterocycles. The molecule has 2 aromatic rings. The standard InChI is InChI=1S/C33H43F4N3O4S/c34-27-10-7-9-26(25-27)32(44-24-23-38-18-5-6-19-38)16-21-39(22-17-32)31(41)15-8-12-28-11-3-4-20-40(28)45(42,43)30-14-2-1-13-29(30)33(35,36)37/h1-2,7,9-10,13-14,25,28H,3-6,8,11-12,15-24H2. The molecule has 3 aliphatic rings. The molecule has 0 aliphatic carbocycles. The number of amides is 1. The molecule has 3 saturated heterocycles. The van der Waals surface area contributed by atoms with Crippen LogP contribution in [0.15, 0.2) is 53.4 Å². The van der Waals surface area contributed by atoms with Gasteiger partial charge in [0.15, 0.2) is 0 Å². The van der Waals surface area contributed by atoms with Crippen LogP contribution < -0.4 is 0 Å². The lowest BCUT2D eigenvalue weighted by Crippen LogP contribution is -2.47. The maximum atomic E-state index is 14.2. The Kier molecular flexibility index (Phi) is 10.9. The first-order valence-corrected chi connectivity index (χ1v) is 17.5. The van der Waals surface area contributed by atoms with Crippen LogP contribution in [0.5, 0.6) is 0 Å². The molecule has 248 valence electrons. The molecule has 3 fully saturated rings. The topological polar surface area (TPSA) is 70.2 Å². The lowest BCUT2D eigenvalue weighted by Gasteiger charge is -2.42. The summed E-state index contributed by atoms with van der Waals surface area (Å²) in [7, 11) is -4.38. The number of nitrogens with zero attached hydrogens (tertiary/aromatic N) is 3. The van der Waals surface area contributed by atoms with Crippen LogP contribution in [-0.4, -0.2) is 80.3 Å². The minimum Gasteiger partial charge on any atom is -0.369 e. The summed E-state index contributed by atoms with van der Waals surface area (Å²) < 4.78 is 89.8. The van der Waals surface area contributed by atoms with Crippen molar-refractivity contribution in [2.75, 3.05) is 45.9 Å². The number of benzene rings is 2. The number of alkyl halides is 3. The van der Waals surface area contributed by atoms with E-state index in [2.05, 4.69) is 4.90 Å². The Hall–Kier alpha value is -2.54. The van der Waals surface area contributed by atoms with Gasteiger partial charge in [0.25, 0.3) is 0 Å². The van der Waals surface area contributed by atoms with Crippen molar-refractivity contribution in [3.05, 3.63) is 65.5 Å². The predicted octanol–water partition coefficient (Wildman–Crippen LogP) is 6.19. The van der Waals surface area contributed by atoms with E-state index in [9.17, 15) is 30.8 Å². The molecule has 0 radical (unpaired) electrons. The van der Waals surface area contributed by atoms with E-state index in [4.69, 9.17) is 4.74 Å². The summed E-state index contributed by atoms with van der Waals surface area (Å²) in [6.45, 7) is 4.52. The molecular weight excluding hydrogens is 610 g/mol. The zero-order valence-electron chi connectivity index (χ0n) is 25.6. The van der Waals surface area contributed by atoms with E-state index in [1.165, 1.54) is 41.4 Å². The number of halogens is 4. The van der Waals surface area contributed by atoms with Gasteiger partial charge < -0.3 is 14.5 Å². The zero-order valence-corrected chi connectivity index (χ0v) is 26.4. The lowest BCUT2D eigenvalue weighted by molar-refractivity contribution is -0.141. The van der Waals surface area contributed by atoms with Crippen LogP contribution in [0.2, 0.25) is 0 Å². The molecule has 12 heteroatoms. The molecule has 0 N–H and O–H groups in total. The summed E-state index contributed by atoms with van der Waals surface area (Å²) in [4.78, 5) is 16.7. The summed E-state index contributed by atoms with van der Waals surface area (Å²) in [5.41, 5.74) is -1.06. The molecule has 1 atom stereocenters.